The fourth-order valence-electron chi connectivity index (χ4n) is 8.28. The predicted molar refractivity (Wildman–Crippen MR) is 229 cm³/mol. The molecule has 2 aromatic heterocycles. The third kappa shape index (κ3) is 5.47. The Kier molecular flexibility index (Phi) is 7.62. The average molecular weight is 722 g/mol. The number of furan rings is 2. The summed E-state index contributed by atoms with van der Waals surface area (Å²) in [5, 5.41) is 6.97. The van der Waals surface area contributed by atoms with Gasteiger partial charge in [0, 0.05) is 56.0 Å². The Morgan fingerprint density at radius 1 is 0.536 bits per heavy atom. The van der Waals surface area contributed by atoms with E-state index in [0.29, 0.717) is 5.84 Å². The molecular formula is C51H35N3O2. The lowest BCUT2D eigenvalue weighted by molar-refractivity contribution is 0.546. The summed E-state index contributed by atoms with van der Waals surface area (Å²) in [4.78, 5) is 10.3. The first-order valence-corrected chi connectivity index (χ1v) is 19.2. The average Bonchev–Trinajstić information content (AvgIpc) is 3.85. The van der Waals surface area contributed by atoms with Gasteiger partial charge in [0.15, 0.2) is 5.84 Å². The van der Waals surface area contributed by atoms with Crippen LogP contribution >= 0.6 is 0 Å². The van der Waals surface area contributed by atoms with Crippen molar-refractivity contribution in [2.45, 2.75) is 19.0 Å². The molecule has 1 unspecified atom stereocenters. The first-order valence-electron chi connectivity index (χ1n) is 19.2. The molecule has 0 saturated carbocycles. The van der Waals surface area contributed by atoms with E-state index in [9.17, 15) is 0 Å². The van der Waals surface area contributed by atoms with Crippen LogP contribution in [0.4, 0.5) is 0 Å². The minimum absolute atomic E-state index is 0.443. The Balaban J connectivity index is 1.12. The van der Waals surface area contributed by atoms with Gasteiger partial charge in [-0.2, -0.15) is 0 Å². The van der Waals surface area contributed by atoms with Crippen molar-refractivity contribution in [1.29, 1.82) is 0 Å². The predicted octanol–water partition coefficient (Wildman–Crippen LogP) is 12.8. The van der Waals surface area contributed by atoms with Gasteiger partial charge in [0.25, 0.3) is 0 Å². The molecule has 1 atom stereocenters. The van der Waals surface area contributed by atoms with Crippen LogP contribution in [0.15, 0.2) is 189 Å². The highest BCUT2D eigenvalue weighted by Gasteiger charge is 2.27. The van der Waals surface area contributed by atoms with Crippen LogP contribution in [0.2, 0.25) is 0 Å². The quantitative estimate of drug-likeness (QED) is 0.186. The third-order valence-corrected chi connectivity index (χ3v) is 11.0. The summed E-state index contributed by atoms with van der Waals surface area (Å²) in [6.07, 6.45) is 5.93. The third-order valence-electron chi connectivity index (χ3n) is 11.0. The van der Waals surface area contributed by atoms with E-state index >= 15 is 0 Å². The Hall–Kier alpha value is -7.24. The highest BCUT2D eigenvalue weighted by atomic mass is 16.3. The number of benzene rings is 7. The van der Waals surface area contributed by atoms with Crippen LogP contribution in [0.1, 0.15) is 40.6 Å². The number of nitrogens with zero attached hydrogens (tertiary/aromatic N) is 2. The number of fused-ring (bicyclic) bond motifs is 6. The van der Waals surface area contributed by atoms with Gasteiger partial charge in [-0.05, 0) is 40.8 Å². The molecule has 0 saturated heterocycles. The van der Waals surface area contributed by atoms with E-state index in [1.54, 1.807) is 0 Å². The number of allylic oxidation sites excluding steroid dienone is 1. The molecule has 0 spiro atoms. The second-order valence-electron chi connectivity index (χ2n) is 14.4. The zero-order valence-electron chi connectivity index (χ0n) is 30.4. The van der Waals surface area contributed by atoms with Crippen molar-refractivity contribution in [1.82, 2.24) is 5.32 Å². The van der Waals surface area contributed by atoms with Gasteiger partial charge in [-0.3, -0.25) is 0 Å². The van der Waals surface area contributed by atoms with Crippen LogP contribution in [-0.2, 0) is 6.42 Å². The van der Waals surface area contributed by atoms with Crippen LogP contribution in [0.25, 0.3) is 72.4 Å². The first-order chi connectivity index (χ1) is 27.7. The van der Waals surface area contributed by atoms with E-state index in [1.165, 1.54) is 11.1 Å². The van der Waals surface area contributed by atoms with Gasteiger partial charge in [-0.15, -0.1) is 0 Å². The van der Waals surface area contributed by atoms with Gasteiger partial charge in [0.1, 0.15) is 34.5 Å². The van der Waals surface area contributed by atoms with E-state index < -0.39 is 6.17 Å². The zero-order chi connectivity index (χ0) is 37.0. The number of para-hydroxylation sites is 1. The molecule has 5 heteroatoms. The van der Waals surface area contributed by atoms with Crippen LogP contribution in [-0.4, -0.2) is 11.7 Å². The Morgan fingerprint density at radius 2 is 1.21 bits per heavy atom. The number of rotatable bonds is 6. The summed E-state index contributed by atoms with van der Waals surface area (Å²) in [6.45, 7) is 0. The number of hydrogen-bond donors (Lipinski definition) is 1. The normalized spacial score (nSPS) is 15.1. The van der Waals surface area contributed by atoms with E-state index in [1.807, 2.05) is 42.5 Å². The Morgan fingerprint density at radius 3 is 2.00 bits per heavy atom. The molecule has 3 heterocycles. The molecule has 1 aliphatic heterocycles. The lowest BCUT2D eigenvalue weighted by atomic mass is 9.93. The number of aliphatic imine (C=N–C) groups is 2. The van der Waals surface area contributed by atoms with Crippen molar-refractivity contribution in [3.63, 3.8) is 0 Å². The molecular weight excluding hydrogens is 687 g/mol. The van der Waals surface area contributed by atoms with Crippen molar-refractivity contribution in [2.24, 2.45) is 9.98 Å². The smallest absolute Gasteiger partial charge is 0.159 e. The lowest BCUT2D eigenvalue weighted by Gasteiger charge is -2.25. The molecule has 1 aliphatic carbocycles. The topological polar surface area (TPSA) is 63.0 Å². The van der Waals surface area contributed by atoms with Gasteiger partial charge >= 0.3 is 0 Å². The maximum Gasteiger partial charge on any atom is 0.159 e. The van der Waals surface area contributed by atoms with Crippen LogP contribution in [0, 0.1) is 0 Å². The summed E-state index contributed by atoms with van der Waals surface area (Å²) < 4.78 is 13.4. The molecule has 266 valence electrons. The van der Waals surface area contributed by atoms with Gasteiger partial charge in [-0.1, -0.05) is 164 Å². The summed E-state index contributed by atoms with van der Waals surface area (Å²) in [5.41, 5.74) is 13.2. The largest absolute Gasteiger partial charge is 0.460 e. The van der Waals surface area contributed by atoms with E-state index in [4.69, 9.17) is 18.8 Å². The molecule has 5 nitrogen and oxygen atoms in total. The van der Waals surface area contributed by atoms with E-state index in [2.05, 4.69) is 139 Å². The van der Waals surface area contributed by atoms with Gasteiger partial charge in [0.2, 0.25) is 0 Å². The summed E-state index contributed by atoms with van der Waals surface area (Å²) in [6, 6.07) is 57.1. The number of amidine groups is 2. The fraction of sp³-hybridized carbons (Fsp3) is 0.0588. The van der Waals surface area contributed by atoms with E-state index in [-0.39, 0.29) is 0 Å². The molecule has 0 bridgehead atoms. The second kappa shape index (κ2) is 13.3. The number of nitrogens with one attached hydrogen (secondary N) is 1. The molecule has 11 rings (SSSR count). The molecule has 0 radical (unpaired) electrons. The Bertz CT molecular complexity index is 3030. The highest BCUT2D eigenvalue weighted by molar-refractivity contribution is 6.15. The molecule has 9 aromatic rings. The molecule has 56 heavy (non-hydrogen) atoms. The maximum absolute atomic E-state index is 7.16. The summed E-state index contributed by atoms with van der Waals surface area (Å²) >= 11 is 0. The SMILES string of the molecule is C1=Cc2c(oc3ccc(-c4cccc5c4oc4c(-c6ccc(-c7ccccc7)cc6)c(C6N=C(c7ccccc7)N=C(c7ccccc7)N6)ccc45)cc23)CC1. The highest BCUT2D eigenvalue weighted by Crippen LogP contribution is 2.44. The van der Waals surface area contributed by atoms with Gasteiger partial charge in [-0.25, -0.2) is 9.98 Å². The molecule has 2 aliphatic rings. The first kappa shape index (κ1) is 32.2. The molecule has 1 N–H and O–H groups in total. The van der Waals surface area contributed by atoms with Gasteiger partial charge in [0.05, 0.1) is 0 Å². The maximum atomic E-state index is 7.16. The van der Waals surface area contributed by atoms with Crippen molar-refractivity contribution in [3.05, 3.63) is 198 Å². The molecule has 0 fully saturated rings. The molecule has 0 amide bonds. The van der Waals surface area contributed by atoms with Crippen LogP contribution in [0.3, 0.4) is 0 Å². The number of hydrogen-bond acceptors (Lipinski definition) is 5. The monoisotopic (exact) mass is 721 g/mol. The van der Waals surface area contributed by atoms with Crippen molar-refractivity contribution < 1.29 is 8.83 Å². The Labute approximate surface area is 324 Å². The zero-order valence-corrected chi connectivity index (χ0v) is 30.4. The van der Waals surface area contributed by atoms with Crippen molar-refractivity contribution >= 4 is 50.7 Å². The van der Waals surface area contributed by atoms with Crippen LogP contribution < -0.4 is 5.32 Å². The van der Waals surface area contributed by atoms with Crippen molar-refractivity contribution in [3.8, 4) is 33.4 Å². The summed E-state index contributed by atoms with van der Waals surface area (Å²) in [7, 11) is 0. The van der Waals surface area contributed by atoms with Crippen molar-refractivity contribution in [2.75, 3.05) is 0 Å². The van der Waals surface area contributed by atoms with E-state index in [0.717, 1.165) is 102 Å². The van der Waals surface area contributed by atoms with Crippen LogP contribution in [0.5, 0.6) is 0 Å². The summed E-state index contributed by atoms with van der Waals surface area (Å²) in [5.74, 6) is 2.51. The lowest BCUT2D eigenvalue weighted by Crippen LogP contribution is -2.33. The standard InChI is InChI=1S/C51H35N3O2/c1-4-13-32(14-5-1)33-23-25-34(26-24-33)46-42(51-53-49(35-15-6-2-7-16-35)52-50(54-51)36-17-8-3-9-18-36)29-28-41-40-21-12-20-38(47(40)56-48(41)46)37-27-30-45-43(31-37)39-19-10-11-22-44(39)55-45/h1-10,12-21,23-31,51H,11,22H2,(H,52,53,54). The fourth-order valence-corrected chi connectivity index (χ4v) is 8.28. The second-order valence-corrected chi connectivity index (χ2v) is 14.4. The minimum atomic E-state index is -0.443. The minimum Gasteiger partial charge on any atom is -0.460 e. The number of aryl methyl sites for hydroxylation is 1. The molecule has 7 aromatic carbocycles. The van der Waals surface area contributed by atoms with Gasteiger partial charge < -0.3 is 14.2 Å².